The lowest BCUT2D eigenvalue weighted by Gasteiger charge is -2.12. The molecule has 1 aromatic rings. The lowest BCUT2D eigenvalue weighted by Crippen LogP contribution is -2.32. The second kappa shape index (κ2) is 18.0. The molecule has 1 aromatic carbocycles. The van der Waals surface area contributed by atoms with Gasteiger partial charge in [0.25, 0.3) is 15.0 Å². The Morgan fingerprint density at radius 1 is 0.714 bits per heavy atom. The van der Waals surface area contributed by atoms with Crippen molar-refractivity contribution in [1.29, 1.82) is 0 Å². The summed E-state index contributed by atoms with van der Waals surface area (Å²) in [6.45, 7) is 4.36. The highest BCUT2D eigenvalue weighted by Crippen LogP contribution is 2.13. The molecule has 3 heteroatoms. The van der Waals surface area contributed by atoms with Gasteiger partial charge in [0.2, 0.25) is 0 Å². The number of carbonyl (C=O) groups is 1. The molecule has 0 radical (unpaired) electrons. The van der Waals surface area contributed by atoms with Gasteiger partial charge in [-0.2, -0.15) is 0 Å². The molecule has 0 aliphatic carbocycles. The molecule has 1 unspecified atom stereocenters. The summed E-state index contributed by atoms with van der Waals surface area (Å²) in [5.41, 5.74) is 0. The summed E-state index contributed by atoms with van der Waals surface area (Å²) >= 11 is 0. The lowest BCUT2D eigenvalue weighted by molar-refractivity contribution is -0.134. The van der Waals surface area contributed by atoms with Crippen molar-refractivity contribution in [2.24, 2.45) is 0 Å². The summed E-state index contributed by atoms with van der Waals surface area (Å²) in [7, 11) is -1.56. The first-order valence-corrected chi connectivity index (χ1v) is 14.2. The Hall–Kier alpha value is -1.09. The van der Waals surface area contributed by atoms with Crippen molar-refractivity contribution in [2.45, 2.75) is 116 Å². The van der Waals surface area contributed by atoms with Crippen molar-refractivity contribution in [3.8, 4) is 0 Å². The van der Waals surface area contributed by atoms with Gasteiger partial charge in [-0.15, -0.1) is 0 Å². The fourth-order valence-corrected chi connectivity index (χ4v) is 5.10. The van der Waals surface area contributed by atoms with Gasteiger partial charge in [-0.3, -0.25) is 4.79 Å². The van der Waals surface area contributed by atoms with Crippen molar-refractivity contribution in [3.05, 3.63) is 30.3 Å². The number of hydrogen-bond acceptors (Lipinski definition) is 2. The second-order valence-electron chi connectivity index (χ2n) is 8.24. The third kappa shape index (κ3) is 14.0. The Labute approximate surface area is 176 Å². The average molecular weight is 405 g/mol. The topological polar surface area (TPSA) is 26.3 Å². The highest BCUT2D eigenvalue weighted by molar-refractivity contribution is 6.67. The molecule has 0 spiro atoms. The Kier molecular flexibility index (Phi) is 16.0. The van der Waals surface area contributed by atoms with E-state index in [-0.39, 0.29) is 5.97 Å². The molecule has 0 aliphatic rings. The maximum Gasteiger partial charge on any atom is 0.292 e. The van der Waals surface area contributed by atoms with Gasteiger partial charge in [-0.05, 0) is 18.2 Å². The van der Waals surface area contributed by atoms with E-state index in [1.807, 2.05) is 18.2 Å². The number of unbranched alkanes of at least 4 members (excludes halogenated alkanes) is 14. The minimum Gasteiger partial charge on any atom is -0.518 e. The van der Waals surface area contributed by atoms with Crippen LogP contribution < -0.4 is 5.19 Å². The highest BCUT2D eigenvalue weighted by Gasteiger charge is 2.13. The van der Waals surface area contributed by atoms with Crippen molar-refractivity contribution >= 4 is 20.2 Å². The fourth-order valence-electron chi connectivity index (χ4n) is 3.69. The van der Waals surface area contributed by atoms with E-state index in [1.165, 1.54) is 88.7 Å². The standard InChI is InChI=1S/C25H44O2Si/c1-3-4-5-6-7-8-9-10-11-12-13-14-15-16-20-23-25(26)27-28(2)24-21-18-17-19-22-24/h17-19,21-22,28H,3-16,20,23H2,1-2H3. The zero-order valence-electron chi connectivity index (χ0n) is 18.6. The summed E-state index contributed by atoms with van der Waals surface area (Å²) in [5.74, 6) is -0.00212. The molecule has 0 bridgehead atoms. The first-order valence-electron chi connectivity index (χ1n) is 12.0. The summed E-state index contributed by atoms with van der Waals surface area (Å²) in [6, 6.07) is 10.2. The molecule has 2 nitrogen and oxygen atoms in total. The third-order valence-corrected chi connectivity index (χ3v) is 7.50. The van der Waals surface area contributed by atoms with Crippen LogP contribution in [0, 0.1) is 0 Å². The van der Waals surface area contributed by atoms with Gasteiger partial charge in [0.05, 0.1) is 0 Å². The van der Waals surface area contributed by atoms with Gasteiger partial charge in [0.15, 0.2) is 0 Å². The molecule has 0 saturated carbocycles. The Bertz CT molecular complexity index is 475. The minimum absolute atomic E-state index is 0.00212. The van der Waals surface area contributed by atoms with E-state index in [0.717, 1.165) is 12.8 Å². The molecular formula is C25H44O2Si. The average Bonchev–Trinajstić information content (AvgIpc) is 2.71. The number of rotatable bonds is 18. The Morgan fingerprint density at radius 2 is 1.14 bits per heavy atom. The normalized spacial score (nSPS) is 12.1. The largest absolute Gasteiger partial charge is 0.518 e. The second-order valence-corrected chi connectivity index (χ2v) is 10.4. The predicted octanol–water partition coefficient (Wildman–Crippen LogP) is 7.05. The summed E-state index contributed by atoms with van der Waals surface area (Å²) < 4.78 is 5.66. The predicted molar refractivity (Wildman–Crippen MR) is 125 cm³/mol. The molecule has 0 aromatic heterocycles. The molecule has 1 atom stereocenters. The van der Waals surface area contributed by atoms with E-state index in [1.54, 1.807) is 0 Å². The van der Waals surface area contributed by atoms with Crippen LogP contribution in [0.5, 0.6) is 0 Å². The van der Waals surface area contributed by atoms with Crippen LogP contribution in [-0.4, -0.2) is 15.0 Å². The molecule has 0 saturated heterocycles. The van der Waals surface area contributed by atoms with E-state index in [9.17, 15) is 4.79 Å². The quantitative estimate of drug-likeness (QED) is 0.193. The van der Waals surface area contributed by atoms with Crippen molar-refractivity contribution in [2.75, 3.05) is 0 Å². The van der Waals surface area contributed by atoms with Crippen LogP contribution in [0.25, 0.3) is 0 Å². The summed E-state index contributed by atoms with van der Waals surface area (Å²) in [6.07, 6.45) is 20.8. The van der Waals surface area contributed by atoms with Crippen molar-refractivity contribution < 1.29 is 9.22 Å². The van der Waals surface area contributed by atoms with Crippen molar-refractivity contribution in [3.63, 3.8) is 0 Å². The van der Waals surface area contributed by atoms with Gasteiger partial charge in [-0.1, -0.05) is 127 Å². The highest BCUT2D eigenvalue weighted by atomic mass is 28.3. The smallest absolute Gasteiger partial charge is 0.292 e. The molecule has 0 fully saturated rings. The van der Waals surface area contributed by atoms with Gasteiger partial charge in [-0.25, -0.2) is 0 Å². The molecule has 0 heterocycles. The lowest BCUT2D eigenvalue weighted by atomic mass is 10.0. The maximum atomic E-state index is 12.0. The van der Waals surface area contributed by atoms with Gasteiger partial charge in [0, 0.05) is 6.42 Å². The van der Waals surface area contributed by atoms with Crippen LogP contribution >= 0.6 is 0 Å². The fraction of sp³-hybridized carbons (Fsp3) is 0.720. The summed E-state index contributed by atoms with van der Waals surface area (Å²) in [4.78, 5) is 12.0. The van der Waals surface area contributed by atoms with Gasteiger partial charge < -0.3 is 4.43 Å². The van der Waals surface area contributed by atoms with E-state index in [0.29, 0.717) is 6.42 Å². The van der Waals surface area contributed by atoms with Crippen LogP contribution in [-0.2, 0) is 9.22 Å². The Morgan fingerprint density at radius 3 is 1.61 bits per heavy atom. The molecule has 1 rings (SSSR count). The van der Waals surface area contributed by atoms with Gasteiger partial charge in [0.1, 0.15) is 0 Å². The first kappa shape index (κ1) is 24.9. The van der Waals surface area contributed by atoms with E-state index in [2.05, 4.69) is 25.6 Å². The third-order valence-electron chi connectivity index (χ3n) is 5.56. The monoisotopic (exact) mass is 404 g/mol. The van der Waals surface area contributed by atoms with Gasteiger partial charge >= 0.3 is 0 Å². The van der Waals surface area contributed by atoms with Crippen LogP contribution in [0.15, 0.2) is 30.3 Å². The van der Waals surface area contributed by atoms with Crippen LogP contribution in [0.1, 0.15) is 110 Å². The van der Waals surface area contributed by atoms with Crippen molar-refractivity contribution in [1.82, 2.24) is 0 Å². The van der Waals surface area contributed by atoms with E-state index in [4.69, 9.17) is 4.43 Å². The molecule has 0 amide bonds. The number of carbonyl (C=O) groups excluding carboxylic acids is 1. The van der Waals surface area contributed by atoms with Crippen LogP contribution in [0.4, 0.5) is 0 Å². The number of benzene rings is 1. The zero-order valence-corrected chi connectivity index (χ0v) is 19.7. The van der Waals surface area contributed by atoms with Crippen LogP contribution in [0.2, 0.25) is 6.55 Å². The molecule has 28 heavy (non-hydrogen) atoms. The zero-order chi connectivity index (χ0) is 20.3. The number of hydrogen-bond donors (Lipinski definition) is 0. The summed E-state index contributed by atoms with van der Waals surface area (Å²) in [5, 5.41) is 1.20. The maximum absolute atomic E-state index is 12.0. The molecule has 0 N–H and O–H groups in total. The molecular weight excluding hydrogens is 360 g/mol. The minimum atomic E-state index is -1.56. The van der Waals surface area contributed by atoms with Crippen LogP contribution in [0.3, 0.4) is 0 Å². The Balaban J connectivity index is 1.83. The molecule has 160 valence electrons. The van der Waals surface area contributed by atoms with E-state index < -0.39 is 9.04 Å². The first-order chi connectivity index (χ1) is 13.7. The molecule has 0 aliphatic heterocycles. The SMILES string of the molecule is CCCCCCCCCCCCCCCCCC(=O)O[SiH](C)c1ccccc1. The van der Waals surface area contributed by atoms with E-state index >= 15 is 0 Å².